The second-order valence-electron chi connectivity index (χ2n) is 5.93. The predicted octanol–water partition coefficient (Wildman–Crippen LogP) is 2.56. The van der Waals surface area contributed by atoms with Gasteiger partial charge in [-0.05, 0) is 26.0 Å². The smallest absolute Gasteiger partial charge is 0.256 e. The first-order chi connectivity index (χ1) is 13.5. The van der Waals surface area contributed by atoms with Crippen molar-refractivity contribution in [2.24, 2.45) is 0 Å². The van der Waals surface area contributed by atoms with Gasteiger partial charge >= 0.3 is 0 Å². The van der Waals surface area contributed by atoms with Crippen molar-refractivity contribution < 1.29 is 19.0 Å². The monoisotopic (exact) mass is 383 g/mol. The number of benzene rings is 1. The first-order valence-electron chi connectivity index (χ1n) is 8.42. The first kappa shape index (κ1) is 19.2. The van der Waals surface area contributed by atoms with E-state index < -0.39 is 0 Å². The minimum atomic E-state index is -0.356. The Morgan fingerprint density at radius 2 is 1.57 bits per heavy atom. The van der Waals surface area contributed by atoms with Crippen LogP contribution in [0.3, 0.4) is 0 Å². The highest BCUT2D eigenvalue weighted by Crippen LogP contribution is 2.38. The number of ether oxygens (including phenoxy) is 3. The van der Waals surface area contributed by atoms with E-state index in [9.17, 15) is 4.79 Å². The predicted molar refractivity (Wildman–Crippen MR) is 103 cm³/mol. The van der Waals surface area contributed by atoms with Crippen LogP contribution in [0.25, 0.3) is 5.95 Å². The summed E-state index contributed by atoms with van der Waals surface area (Å²) in [5.74, 6) is 1.32. The molecule has 9 heteroatoms. The SMILES string of the molecule is COc1cc(C(=O)Nc2cnc(-n3cnc(C)c3C)nc2)cc(OC)c1OC. The summed E-state index contributed by atoms with van der Waals surface area (Å²) in [4.78, 5) is 25.4. The molecule has 9 nitrogen and oxygen atoms in total. The molecule has 146 valence electrons. The van der Waals surface area contributed by atoms with E-state index in [0.717, 1.165) is 11.4 Å². The fraction of sp³-hybridized carbons (Fsp3) is 0.263. The Kier molecular flexibility index (Phi) is 5.44. The van der Waals surface area contributed by atoms with Gasteiger partial charge in [0.1, 0.15) is 6.33 Å². The van der Waals surface area contributed by atoms with Crippen molar-refractivity contribution >= 4 is 11.6 Å². The number of imidazole rings is 1. The maximum absolute atomic E-state index is 12.6. The normalized spacial score (nSPS) is 10.5. The first-order valence-corrected chi connectivity index (χ1v) is 8.42. The summed E-state index contributed by atoms with van der Waals surface area (Å²) in [7, 11) is 4.49. The molecule has 0 aliphatic rings. The lowest BCUT2D eigenvalue weighted by Crippen LogP contribution is -2.13. The average molecular weight is 383 g/mol. The number of aromatic nitrogens is 4. The van der Waals surface area contributed by atoms with Gasteiger partial charge in [0.05, 0.1) is 45.1 Å². The second kappa shape index (κ2) is 7.95. The minimum absolute atomic E-state index is 0.347. The molecule has 1 amide bonds. The molecule has 1 aromatic carbocycles. The number of nitrogens with zero attached hydrogens (tertiary/aromatic N) is 4. The van der Waals surface area contributed by atoms with E-state index in [4.69, 9.17) is 14.2 Å². The summed E-state index contributed by atoms with van der Waals surface area (Å²) in [5, 5.41) is 2.76. The number of methoxy groups -OCH3 is 3. The van der Waals surface area contributed by atoms with E-state index in [0.29, 0.717) is 34.4 Å². The van der Waals surface area contributed by atoms with Crippen LogP contribution in [0.2, 0.25) is 0 Å². The molecule has 2 heterocycles. The maximum atomic E-state index is 12.6. The van der Waals surface area contributed by atoms with Gasteiger partial charge in [0, 0.05) is 11.3 Å². The lowest BCUT2D eigenvalue weighted by atomic mass is 10.1. The number of aryl methyl sites for hydroxylation is 1. The highest BCUT2D eigenvalue weighted by Gasteiger charge is 2.17. The van der Waals surface area contributed by atoms with Gasteiger partial charge in [-0.1, -0.05) is 0 Å². The summed E-state index contributed by atoms with van der Waals surface area (Å²) in [6.07, 6.45) is 4.73. The van der Waals surface area contributed by atoms with Crippen molar-refractivity contribution in [1.29, 1.82) is 0 Å². The number of nitrogens with one attached hydrogen (secondary N) is 1. The molecule has 3 rings (SSSR count). The average Bonchev–Trinajstić information content (AvgIpc) is 3.05. The van der Waals surface area contributed by atoms with Gasteiger partial charge in [0.25, 0.3) is 5.91 Å². The Morgan fingerprint density at radius 3 is 2.04 bits per heavy atom. The summed E-state index contributed by atoms with van der Waals surface area (Å²) in [6.45, 7) is 3.85. The van der Waals surface area contributed by atoms with Gasteiger partial charge in [-0.3, -0.25) is 9.36 Å². The van der Waals surface area contributed by atoms with Gasteiger partial charge in [-0.15, -0.1) is 0 Å². The van der Waals surface area contributed by atoms with Crippen molar-refractivity contribution in [2.45, 2.75) is 13.8 Å². The van der Waals surface area contributed by atoms with Gasteiger partial charge in [0.2, 0.25) is 11.7 Å². The molecule has 0 saturated carbocycles. The number of carbonyl (C=O) groups is 1. The highest BCUT2D eigenvalue weighted by atomic mass is 16.5. The van der Waals surface area contributed by atoms with Gasteiger partial charge in [-0.2, -0.15) is 0 Å². The third kappa shape index (κ3) is 3.59. The zero-order valence-corrected chi connectivity index (χ0v) is 16.3. The number of anilines is 1. The molecule has 0 spiro atoms. The van der Waals surface area contributed by atoms with E-state index >= 15 is 0 Å². The van der Waals surface area contributed by atoms with Crippen LogP contribution >= 0.6 is 0 Å². The lowest BCUT2D eigenvalue weighted by molar-refractivity contribution is 0.102. The van der Waals surface area contributed by atoms with E-state index in [1.165, 1.54) is 33.7 Å². The van der Waals surface area contributed by atoms with Crippen LogP contribution in [-0.4, -0.2) is 46.8 Å². The lowest BCUT2D eigenvalue weighted by Gasteiger charge is -2.14. The standard InChI is InChI=1S/C19H21N5O4/c1-11-12(2)24(10-22-11)19-20-8-14(9-21-19)23-18(25)13-6-15(26-3)17(28-5)16(7-13)27-4/h6-10H,1-5H3,(H,23,25). The van der Waals surface area contributed by atoms with Crippen molar-refractivity contribution in [2.75, 3.05) is 26.6 Å². The minimum Gasteiger partial charge on any atom is -0.493 e. The van der Waals surface area contributed by atoms with Crippen LogP contribution in [-0.2, 0) is 0 Å². The third-order valence-corrected chi connectivity index (χ3v) is 4.29. The van der Waals surface area contributed by atoms with Gasteiger partial charge in [0.15, 0.2) is 11.5 Å². The molecular weight excluding hydrogens is 362 g/mol. The molecule has 2 aromatic heterocycles. The molecule has 0 aliphatic carbocycles. The van der Waals surface area contributed by atoms with E-state index in [-0.39, 0.29) is 5.91 Å². The van der Waals surface area contributed by atoms with Crippen LogP contribution < -0.4 is 19.5 Å². The molecule has 0 aliphatic heterocycles. The molecule has 0 radical (unpaired) electrons. The summed E-state index contributed by atoms with van der Waals surface area (Å²) in [6, 6.07) is 3.15. The molecular formula is C19H21N5O4. The highest BCUT2D eigenvalue weighted by molar-refractivity contribution is 6.05. The van der Waals surface area contributed by atoms with Crippen LogP contribution in [0.1, 0.15) is 21.7 Å². The molecule has 28 heavy (non-hydrogen) atoms. The molecule has 0 saturated heterocycles. The summed E-state index contributed by atoms with van der Waals surface area (Å²) >= 11 is 0. The fourth-order valence-electron chi connectivity index (χ4n) is 2.63. The number of hydrogen-bond donors (Lipinski definition) is 1. The largest absolute Gasteiger partial charge is 0.493 e. The molecule has 0 fully saturated rings. The van der Waals surface area contributed by atoms with Crippen LogP contribution in [0, 0.1) is 13.8 Å². The van der Waals surface area contributed by atoms with Crippen molar-refractivity contribution in [3.05, 3.63) is 47.8 Å². The maximum Gasteiger partial charge on any atom is 0.256 e. The second-order valence-corrected chi connectivity index (χ2v) is 5.93. The molecule has 3 aromatic rings. The van der Waals surface area contributed by atoms with E-state index in [1.807, 2.05) is 13.8 Å². The van der Waals surface area contributed by atoms with Crippen molar-refractivity contribution in [3.63, 3.8) is 0 Å². The number of rotatable bonds is 6. The van der Waals surface area contributed by atoms with Gasteiger partial charge < -0.3 is 19.5 Å². The van der Waals surface area contributed by atoms with Crippen LogP contribution in [0.4, 0.5) is 5.69 Å². The Morgan fingerprint density at radius 1 is 0.964 bits per heavy atom. The van der Waals surface area contributed by atoms with Crippen LogP contribution in [0.15, 0.2) is 30.9 Å². The fourth-order valence-corrected chi connectivity index (χ4v) is 2.63. The third-order valence-electron chi connectivity index (χ3n) is 4.29. The topological polar surface area (TPSA) is 100 Å². The van der Waals surface area contributed by atoms with E-state index in [1.54, 1.807) is 23.0 Å². The zero-order valence-electron chi connectivity index (χ0n) is 16.3. The van der Waals surface area contributed by atoms with Crippen molar-refractivity contribution in [3.8, 4) is 23.2 Å². The number of carbonyl (C=O) groups excluding carboxylic acids is 1. The summed E-state index contributed by atoms with van der Waals surface area (Å²) in [5.41, 5.74) is 2.66. The quantitative estimate of drug-likeness (QED) is 0.698. The Hall–Kier alpha value is -3.62. The van der Waals surface area contributed by atoms with Crippen molar-refractivity contribution in [1.82, 2.24) is 19.5 Å². The molecule has 0 bridgehead atoms. The zero-order chi connectivity index (χ0) is 20.3. The Labute approximate surface area is 162 Å². The Bertz CT molecular complexity index is 973. The van der Waals surface area contributed by atoms with Crippen LogP contribution in [0.5, 0.6) is 17.2 Å². The molecule has 1 N–H and O–H groups in total. The Balaban J connectivity index is 1.82. The summed E-state index contributed by atoms with van der Waals surface area (Å²) < 4.78 is 17.6. The van der Waals surface area contributed by atoms with E-state index in [2.05, 4.69) is 20.3 Å². The van der Waals surface area contributed by atoms with Gasteiger partial charge in [-0.25, -0.2) is 15.0 Å². The number of hydrogen-bond acceptors (Lipinski definition) is 7. The molecule has 0 unspecified atom stereocenters. The molecule has 0 atom stereocenters. The number of amides is 1.